The Labute approximate surface area is 144 Å². The van der Waals surface area contributed by atoms with Gasteiger partial charge in [-0.1, -0.05) is 18.2 Å². The Kier molecular flexibility index (Phi) is 4.41. The lowest BCUT2D eigenvalue weighted by Gasteiger charge is -2.26. The van der Waals surface area contributed by atoms with E-state index in [1.165, 1.54) is 30.5 Å². The van der Waals surface area contributed by atoms with Crippen LogP contribution in [0.3, 0.4) is 0 Å². The molecule has 0 radical (unpaired) electrons. The zero-order valence-corrected chi connectivity index (χ0v) is 13.9. The quantitative estimate of drug-likeness (QED) is 0.621. The molecule has 0 N–H and O–H groups in total. The molecule has 0 saturated carbocycles. The SMILES string of the molecule is C=CCN1C=C(OC(=O)c2ccc(F)cc2)c2ccccc2S1(=O)=O. The average molecular weight is 359 g/mol. The minimum atomic E-state index is -3.74. The second kappa shape index (κ2) is 6.52. The number of esters is 1. The van der Waals surface area contributed by atoms with E-state index in [1.54, 1.807) is 18.2 Å². The molecule has 25 heavy (non-hydrogen) atoms. The Morgan fingerprint density at radius 3 is 2.52 bits per heavy atom. The van der Waals surface area contributed by atoms with Gasteiger partial charge in [0, 0.05) is 5.56 Å². The van der Waals surface area contributed by atoms with Crippen molar-refractivity contribution in [2.24, 2.45) is 0 Å². The number of nitrogens with zero attached hydrogens (tertiary/aromatic N) is 1. The first-order valence-electron chi connectivity index (χ1n) is 7.35. The van der Waals surface area contributed by atoms with E-state index in [4.69, 9.17) is 4.74 Å². The summed E-state index contributed by atoms with van der Waals surface area (Å²) >= 11 is 0. The summed E-state index contributed by atoms with van der Waals surface area (Å²) in [6.45, 7) is 3.58. The summed E-state index contributed by atoms with van der Waals surface area (Å²) in [5, 5.41) is 0. The molecule has 0 atom stereocenters. The lowest BCUT2D eigenvalue weighted by molar-refractivity contribution is 0.0689. The van der Waals surface area contributed by atoms with Crippen LogP contribution in [0.15, 0.2) is 72.3 Å². The summed E-state index contributed by atoms with van der Waals surface area (Å²) in [5.74, 6) is -1.08. The van der Waals surface area contributed by atoms with E-state index in [0.717, 1.165) is 16.4 Å². The van der Waals surface area contributed by atoms with Gasteiger partial charge in [-0.25, -0.2) is 17.6 Å². The van der Waals surface area contributed by atoms with Crippen molar-refractivity contribution in [3.63, 3.8) is 0 Å². The van der Waals surface area contributed by atoms with Crippen molar-refractivity contribution in [1.82, 2.24) is 4.31 Å². The maximum absolute atomic E-state index is 13.0. The fraction of sp³-hybridized carbons (Fsp3) is 0.0556. The van der Waals surface area contributed by atoms with Crippen molar-refractivity contribution in [3.05, 3.63) is 84.3 Å². The number of carbonyl (C=O) groups excluding carboxylic acids is 1. The molecule has 1 heterocycles. The lowest BCUT2D eigenvalue weighted by atomic mass is 10.2. The van der Waals surface area contributed by atoms with Gasteiger partial charge in [0.2, 0.25) is 0 Å². The molecule has 128 valence electrons. The third-order valence-electron chi connectivity index (χ3n) is 3.59. The third-order valence-corrected chi connectivity index (χ3v) is 5.38. The van der Waals surface area contributed by atoms with E-state index in [2.05, 4.69) is 6.58 Å². The van der Waals surface area contributed by atoms with Crippen LogP contribution in [0.2, 0.25) is 0 Å². The Morgan fingerprint density at radius 1 is 1.16 bits per heavy atom. The highest BCUT2D eigenvalue weighted by Crippen LogP contribution is 2.33. The first-order valence-corrected chi connectivity index (χ1v) is 8.79. The van der Waals surface area contributed by atoms with Crippen molar-refractivity contribution in [2.75, 3.05) is 6.54 Å². The molecule has 1 aliphatic heterocycles. The molecular formula is C18H14FNO4S. The third kappa shape index (κ3) is 3.18. The fourth-order valence-corrected chi connectivity index (χ4v) is 3.88. The van der Waals surface area contributed by atoms with Gasteiger partial charge in [0.25, 0.3) is 10.0 Å². The largest absolute Gasteiger partial charge is 0.421 e. The van der Waals surface area contributed by atoms with E-state index in [0.29, 0.717) is 5.56 Å². The van der Waals surface area contributed by atoms with E-state index >= 15 is 0 Å². The molecule has 2 aromatic carbocycles. The predicted molar refractivity (Wildman–Crippen MR) is 90.3 cm³/mol. The van der Waals surface area contributed by atoms with Gasteiger partial charge in [-0.15, -0.1) is 6.58 Å². The van der Waals surface area contributed by atoms with Crippen molar-refractivity contribution >= 4 is 21.8 Å². The van der Waals surface area contributed by atoms with E-state index in [9.17, 15) is 17.6 Å². The molecular weight excluding hydrogens is 345 g/mol. The van der Waals surface area contributed by atoms with Crippen LogP contribution < -0.4 is 0 Å². The number of halogens is 1. The molecule has 0 spiro atoms. The van der Waals surface area contributed by atoms with Crippen LogP contribution in [0.4, 0.5) is 4.39 Å². The topological polar surface area (TPSA) is 63.7 Å². The van der Waals surface area contributed by atoms with Crippen LogP contribution in [0.25, 0.3) is 5.76 Å². The van der Waals surface area contributed by atoms with Crippen molar-refractivity contribution in [1.29, 1.82) is 0 Å². The molecule has 0 amide bonds. The number of hydrogen-bond donors (Lipinski definition) is 0. The molecule has 3 rings (SSSR count). The molecule has 0 saturated heterocycles. The Balaban J connectivity index is 2.00. The number of benzene rings is 2. The molecule has 0 aromatic heterocycles. The van der Waals surface area contributed by atoms with Crippen LogP contribution in [0.1, 0.15) is 15.9 Å². The molecule has 0 bridgehead atoms. The Hall–Kier alpha value is -2.93. The number of carbonyl (C=O) groups is 1. The Bertz CT molecular complexity index is 965. The second-order valence-corrected chi connectivity index (χ2v) is 7.11. The summed E-state index contributed by atoms with van der Waals surface area (Å²) in [4.78, 5) is 12.3. The normalized spacial score (nSPS) is 15.1. The summed E-state index contributed by atoms with van der Waals surface area (Å²) in [5.41, 5.74) is 0.446. The highest BCUT2D eigenvalue weighted by Gasteiger charge is 2.32. The zero-order valence-electron chi connectivity index (χ0n) is 13.1. The van der Waals surface area contributed by atoms with Crippen LogP contribution in [0, 0.1) is 5.82 Å². The number of fused-ring (bicyclic) bond motifs is 1. The van der Waals surface area contributed by atoms with Crippen molar-refractivity contribution < 1.29 is 22.3 Å². The van der Waals surface area contributed by atoms with Gasteiger partial charge in [-0.05, 0) is 36.4 Å². The maximum atomic E-state index is 13.0. The highest BCUT2D eigenvalue weighted by atomic mass is 32.2. The van der Waals surface area contributed by atoms with Crippen LogP contribution in [-0.4, -0.2) is 25.2 Å². The first-order chi connectivity index (χ1) is 11.9. The standard InChI is InChI=1S/C18H14FNO4S/c1-2-11-20-12-16(15-5-3-4-6-17(15)25(20,22)23)24-18(21)13-7-9-14(19)10-8-13/h2-10,12H,1,11H2. The van der Waals surface area contributed by atoms with Crippen LogP contribution >= 0.6 is 0 Å². The minimum absolute atomic E-state index is 0.0360. The van der Waals surface area contributed by atoms with E-state index in [-0.39, 0.29) is 22.8 Å². The van der Waals surface area contributed by atoms with Gasteiger partial charge < -0.3 is 4.74 Å². The van der Waals surface area contributed by atoms with Crippen LogP contribution in [0.5, 0.6) is 0 Å². The number of rotatable bonds is 4. The molecule has 5 nitrogen and oxygen atoms in total. The van der Waals surface area contributed by atoms with E-state index in [1.807, 2.05) is 0 Å². The van der Waals surface area contributed by atoms with Gasteiger partial charge in [0.05, 0.1) is 23.2 Å². The molecule has 0 unspecified atom stereocenters. The van der Waals surface area contributed by atoms with Gasteiger partial charge >= 0.3 is 5.97 Å². The molecule has 7 heteroatoms. The molecule has 0 fully saturated rings. The molecule has 0 aliphatic carbocycles. The smallest absolute Gasteiger partial charge is 0.343 e. The average Bonchev–Trinajstić information content (AvgIpc) is 2.60. The maximum Gasteiger partial charge on any atom is 0.343 e. The monoisotopic (exact) mass is 359 g/mol. The van der Waals surface area contributed by atoms with Crippen molar-refractivity contribution in [2.45, 2.75) is 4.90 Å². The van der Waals surface area contributed by atoms with Gasteiger partial charge in [0.15, 0.2) is 5.76 Å². The second-order valence-electron chi connectivity index (χ2n) is 5.25. The summed E-state index contributed by atoms with van der Waals surface area (Å²) < 4.78 is 44.6. The number of sulfonamides is 1. The summed E-state index contributed by atoms with van der Waals surface area (Å²) in [6, 6.07) is 11.1. The first kappa shape index (κ1) is 16.9. The van der Waals surface area contributed by atoms with Gasteiger partial charge in [-0.3, -0.25) is 4.31 Å². The lowest BCUT2D eigenvalue weighted by Crippen LogP contribution is -2.31. The zero-order chi connectivity index (χ0) is 18.0. The number of hydrogen-bond acceptors (Lipinski definition) is 4. The van der Waals surface area contributed by atoms with Gasteiger partial charge in [0.1, 0.15) is 5.82 Å². The fourth-order valence-electron chi connectivity index (χ4n) is 2.40. The summed E-state index contributed by atoms with van der Waals surface area (Å²) in [7, 11) is -3.74. The minimum Gasteiger partial charge on any atom is -0.421 e. The van der Waals surface area contributed by atoms with Crippen molar-refractivity contribution in [3.8, 4) is 0 Å². The van der Waals surface area contributed by atoms with E-state index < -0.39 is 21.8 Å². The highest BCUT2D eigenvalue weighted by molar-refractivity contribution is 7.89. The molecule has 1 aliphatic rings. The predicted octanol–water partition coefficient (Wildman–Crippen LogP) is 3.17. The summed E-state index contributed by atoms with van der Waals surface area (Å²) in [6.07, 6.45) is 2.68. The number of ether oxygens (including phenoxy) is 1. The van der Waals surface area contributed by atoms with Gasteiger partial charge in [-0.2, -0.15) is 0 Å². The van der Waals surface area contributed by atoms with Crippen LogP contribution in [-0.2, 0) is 14.8 Å². The Morgan fingerprint density at radius 2 is 1.84 bits per heavy atom. The molecule has 2 aromatic rings.